The molecule has 2 aliphatic rings. The Morgan fingerprint density at radius 1 is 1.38 bits per heavy atom. The van der Waals surface area contributed by atoms with Gasteiger partial charge in [0.05, 0.1) is 31.4 Å². The normalized spacial score (nSPS) is 20.4. The molecule has 146 valence electrons. The maximum absolute atomic E-state index is 12.7. The summed E-state index contributed by atoms with van der Waals surface area (Å²) < 4.78 is 7.73. The summed E-state index contributed by atoms with van der Waals surface area (Å²) >= 11 is 0. The molecular formula is C20H18N6O3. The number of likely N-dealkylation sites (tertiary alicyclic amines) is 1. The van der Waals surface area contributed by atoms with Crippen molar-refractivity contribution in [2.45, 2.75) is 18.6 Å². The quantitative estimate of drug-likeness (QED) is 0.648. The first-order valence-corrected chi connectivity index (χ1v) is 9.34. The number of nitrogens with one attached hydrogen (secondary N) is 1. The van der Waals surface area contributed by atoms with E-state index in [1.807, 2.05) is 24.3 Å². The standard InChI is InChI=1S/C20H18N6O3/c21-12-25-5-4-20(11-25)19(28)24-16-8-13(9-22-18(16)29-20)14-2-1-3-17-15(14)10-23-26(17)6-7-27/h1-3,8-10,27H,4-7,11H2,(H,24,28)/t20-/m0/s1. The summed E-state index contributed by atoms with van der Waals surface area (Å²) in [5.41, 5.74) is 2.10. The Labute approximate surface area is 166 Å². The van der Waals surface area contributed by atoms with Gasteiger partial charge in [-0.1, -0.05) is 12.1 Å². The van der Waals surface area contributed by atoms with Crippen molar-refractivity contribution in [2.24, 2.45) is 0 Å². The molecule has 0 saturated carbocycles. The Hall–Kier alpha value is -3.64. The molecule has 1 aromatic carbocycles. The Morgan fingerprint density at radius 2 is 2.28 bits per heavy atom. The van der Waals surface area contributed by atoms with Gasteiger partial charge in [-0.15, -0.1) is 0 Å². The molecule has 2 N–H and O–H groups in total. The molecule has 0 bridgehead atoms. The van der Waals surface area contributed by atoms with Crippen molar-refractivity contribution in [3.63, 3.8) is 0 Å². The number of carbonyl (C=O) groups is 1. The number of hydrogen-bond acceptors (Lipinski definition) is 7. The monoisotopic (exact) mass is 390 g/mol. The molecule has 0 radical (unpaired) electrons. The number of aromatic nitrogens is 3. The molecule has 5 rings (SSSR count). The minimum absolute atomic E-state index is 0.00968. The minimum atomic E-state index is -1.07. The molecule has 1 fully saturated rings. The number of carbonyl (C=O) groups excluding carboxylic acids is 1. The molecule has 0 aliphatic carbocycles. The van der Waals surface area contributed by atoms with Gasteiger partial charge in [-0.25, -0.2) is 4.98 Å². The second kappa shape index (κ2) is 6.46. The number of aliphatic hydroxyl groups excluding tert-OH is 1. The summed E-state index contributed by atoms with van der Waals surface area (Å²) in [6, 6.07) is 7.67. The summed E-state index contributed by atoms with van der Waals surface area (Å²) in [7, 11) is 0. The smallest absolute Gasteiger partial charge is 0.270 e. The summed E-state index contributed by atoms with van der Waals surface area (Å²) in [5, 5.41) is 26.5. The topological polar surface area (TPSA) is 116 Å². The number of aliphatic hydroxyl groups is 1. The summed E-state index contributed by atoms with van der Waals surface area (Å²) in [6.07, 6.45) is 5.98. The van der Waals surface area contributed by atoms with Crippen LogP contribution in [0.3, 0.4) is 0 Å². The lowest BCUT2D eigenvalue weighted by Gasteiger charge is -2.33. The molecule has 3 aromatic rings. The van der Waals surface area contributed by atoms with E-state index in [2.05, 4.69) is 21.6 Å². The van der Waals surface area contributed by atoms with E-state index in [1.54, 1.807) is 17.1 Å². The molecule has 0 unspecified atom stereocenters. The van der Waals surface area contributed by atoms with E-state index in [4.69, 9.17) is 10.00 Å². The van der Waals surface area contributed by atoms with Crippen molar-refractivity contribution >= 4 is 22.5 Å². The maximum atomic E-state index is 12.7. The van der Waals surface area contributed by atoms with Gasteiger partial charge in [-0.2, -0.15) is 10.4 Å². The molecule has 9 heteroatoms. The van der Waals surface area contributed by atoms with Crippen molar-refractivity contribution < 1.29 is 14.6 Å². The van der Waals surface area contributed by atoms with Gasteiger partial charge in [0.15, 0.2) is 6.19 Å². The van der Waals surface area contributed by atoms with Crippen LogP contribution in [0.15, 0.2) is 36.7 Å². The van der Waals surface area contributed by atoms with Crippen LogP contribution in [-0.2, 0) is 11.3 Å². The Morgan fingerprint density at radius 3 is 3.07 bits per heavy atom. The lowest BCUT2D eigenvalue weighted by molar-refractivity contribution is -0.131. The van der Waals surface area contributed by atoms with E-state index in [-0.39, 0.29) is 19.1 Å². The van der Waals surface area contributed by atoms with Crippen molar-refractivity contribution in [3.05, 3.63) is 36.7 Å². The zero-order chi connectivity index (χ0) is 20.0. The van der Waals surface area contributed by atoms with Gasteiger partial charge in [-0.3, -0.25) is 9.48 Å². The number of amides is 1. The third-order valence-corrected chi connectivity index (χ3v) is 5.49. The van der Waals surface area contributed by atoms with E-state index >= 15 is 0 Å². The highest BCUT2D eigenvalue weighted by Crippen LogP contribution is 2.39. The summed E-state index contributed by atoms with van der Waals surface area (Å²) in [4.78, 5) is 18.7. The fourth-order valence-electron chi connectivity index (χ4n) is 4.00. The average molecular weight is 390 g/mol. The largest absolute Gasteiger partial charge is 0.457 e. The highest BCUT2D eigenvalue weighted by Gasteiger charge is 2.50. The molecule has 4 heterocycles. The number of hydrogen-bond donors (Lipinski definition) is 2. The number of rotatable bonds is 3. The van der Waals surface area contributed by atoms with Crippen molar-refractivity contribution in [2.75, 3.05) is 25.0 Å². The molecule has 9 nitrogen and oxygen atoms in total. The first-order chi connectivity index (χ1) is 14.1. The first-order valence-electron chi connectivity index (χ1n) is 9.34. The van der Waals surface area contributed by atoms with Crippen LogP contribution in [0.2, 0.25) is 0 Å². The fraction of sp³-hybridized carbons (Fsp3) is 0.300. The summed E-state index contributed by atoms with van der Waals surface area (Å²) in [6.45, 7) is 1.13. The van der Waals surface area contributed by atoms with Crippen molar-refractivity contribution in [3.8, 4) is 23.2 Å². The fourth-order valence-corrected chi connectivity index (χ4v) is 4.00. The lowest BCUT2D eigenvalue weighted by Crippen LogP contribution is -2.52. The molecule has 1 amide bonds. The maximum Gasteiger partial charge on any atom is 0.270 e. The Bertz CT molecular complexity index is 1170. The summed E-state index contributed by atoms with van der Waals surface area (Å²) in [5.74, 6) is 0.104. The van der Waals surface area contributed by atoms with E-state index < -0.39 is 5.60 Å². The van der Waals surface area contributed by atoms with Crippen molar-refractivity contribution in [1.29, 1.82) is 5.26 Å². The number of benzene rings is 1. The van der Waals surface area contributed by atoms with Gasteiger partial charge in [-0.05, 0) is 17.7 Å². The van der Waals surface area contributed by atoms with Gasteiger partial charge in [0.1, 0.15) is 5.69 Å². The lowest BCUT2D eigenvalue weighted by atomic mass is 9.99. The van der Waals surface area contributed by atoms with Gasteiger partial charge in [0.2, 0.25) is 11.5 Å². The minimum Gasteiger partial charge on any atom is -0.457 e. The zero-order valence-corrected chi connectivity index (χ0v) is 15.5. The van der Waals surface area contributed by atoms with E-state index in [9.17, 15) is 9.90 Å². The van der Waals surface area contributed by atoms with Gasteiger partial charge < -0.3 is 20.1 Å². The number of fused-ring (bicyclic) bond motifs is 2. The van der Waals surface area contributed by atoms with Crippen LogP contribution in [-0.4, -0.2) is 56.0 Å². The molecular weight excluding hydrogens is 372 g/mol. The molecule has 1 saturated heterocycles. The van der Waals surface area contributed by atoms with Gasteiger partial charge >= 0.3 is 0 Å². The predicted octanol–water partition coefficient (Wildman–Crippen LogP) is 1.35. The van der Waals surface area contributed by atoms with Gasteiger partial charge in [0, 0.05) is 30.1 Å². The molecule has 29 heavy (non-hydrogen) atoms. The van der Waals surface area contributed by atoms with Crippen molar-refractivity contribution in [1.82, 2.24) is 19.7 Å². The van der Waals surface area contributed by atoms with Crippen LogP contribution in [0.4, 0.5) is 5.69 Å². The molecule has 1 atom stereocenters. The van der Waals surface area contributed by atoms with Crippen LogP contribution in [0.25, 0.3) is 22.0 Å². The predicted molar refractivity (Wildman–Crippen MR) is 104 cm³/mol. The van der Waals surface area contributed by atoms with Crippen LogP contribution in [0.5, 0.6) is 5.88 Å². The molecule has 1 spiro atoms. The first kappa shape index (κ1) is 17.5. The molecule has 2 aliphatic heterocycles. The highest BCUT2D eigenvalue weighted by molar-refractivity contribution is 6.02. The Balaban J connectivity index is 1.52. The van der Waals surface area contributed by atoms with E-state index in [0.29, 0.717) is 31.1 Å². The number of nitriles is 1. The average Bonchev–Trinajstić information content (AvgIpc) is 3.34. The van der Waals surface area contributed by atoms with Crippen LogP contribution < -0.4 is 10.1 Å². The third-order valence-electron chi connectivity index (χ3n) is 5.49. The third kappa shape index (κ3) is 2.68. The van der Waals surface area contributed by atoms with Crippen LogP contribution >= 0.6 is 0 Å². The number of anilines is 1. The van der Waals surface area contributed by atoms with Crippen LogP contribution in [0, 0.1) is 11.5 Å². The Kier molecular flexibility index (Phi) is 3.89. The van der Waals surface area contributed by atoms with E-state index in [0.717, 1.165) is 22.0 Å². The SMILES string of the molecule is N#CN1CC[C@@]2(C1)Oc1ncc(-c3cccc4c3cnn4CCO)cc1NC2=O. The van der Waals surface area contributed by atoms with E-state index in [1.165, 1.54) is 4.90 Å². The number of ether oxygens (including phenoxy) is 1. The number of nitrogens with zero attached hydrogens (tertiary/aromatic N) is 5. The van der Waals surface area contributed by atoms with Crippen LogP contribution in [0.1, 0.15) is 6.42 Å². The highest BCUT2D eigenvalue weighted by atomic mass is 16.5. The zero-order valence-electron chi connectivity index (χ0n) is 15.5. The second-order valence-electron chi connectivity index (χ2n) is 7.23. The number of pyridine rings is 1. The van der Waals surface area contributed by atoms with Gasteiger partial charge in [0.25, 0.3) is 5.91 Å². The second-order valence-corrected chi connectivity index (χ2v) is 7.23. The molecule has 2 aromatic heterocycles.